The van der Waals surface area contributed by atoms with E-state index in [1.165, 1.54) is 13.2 Å². The van der Waals surface area contributed by atoms with Crippen molar-refractivity contribution < 1.29 is 28.6 Å². The van der Waals surface area contributed by atoms with Gasteiger partial charge in [0.2, 0.25) is 11.3 Å². The highest BCUT2D eigenvalue weighted by atomic mass is 19.1. The molecule has 0 radical (unpaired) electrons. The third-order valence-electron chi connectivity index (χ3n) is 8.00. The second-order valence-corrected chi connectivity index (χ2v) is 12.1. The smallest absolute Gasteiger partial charge is 0.410 e. The lowest BCUT2D eigenvalue weighted by molar-refractivity contribution is 0.0195. The van der Waals surface area contributed by atoms with E-state index in [2.05, 4.69) is 10.2 Å². The number of carboxylic acids is 1. The zero-order valence-corrected chi connectivity index (χ0v) is 23.7. The molecule has 0 bridgehead atoms. The SMILES string of the molecule is COc1c(C(=O)O)c(=O)c2c(F)cc(N3CCC(NC4CCN(C(=O)OC(C)(C)C)CC4)CC3)cc2n1C1CC1. The lowest BCUT2D eigenvalue weighted by Crippen LogP contribution is -2.51. The summed E-state index contributed by atoms with van der Waals surface area (Å²) in [5, 5.41) is 13.2. The van der Waals surface area contributed by atoms with Crippen LogP contribution < -0.4 is 20.4 Å². The van der Waals surface area contributed by atoms with E-state index in [1.807, 2.05) is 20.8 Å². The van der Waals surface area contributed by atoms with Crippen molar-refractivity contribution in [3.63, 3.8) is 0 Å². The van der Waals surface area contributed by atoms with Crippen LogP contribution in [0.25, 0.3) is 10.9 Å². The summed E-state index contributed by atoms with van der Waals surface area (Å²) in [4.78, 5) is 41.2. The summed E-state index contributed by atoms with van der Waals surface area (Å²) in [6.07, 6.45) is 4.86. The first kappa shape index (κ1) is 28.2. The molecule has 1 aromatic carbocycles. The van der Waals surface area contributed by atoms with E-state index in [9.17, 15) is 19.5 Å². The zero-order valence-electron chi connectivity index (χ0n) is 23.7. The van der Waals surface area contributed by atoms with Crippen molar-refractivity contribution in [3.8, 4) is 5.88 Å². The van der Waals surface area contributed by atoms with Crippen molar-refractivity contribution in [1.82, 2.24) is 14.8 Å². The number of piperidine rings is 2. The number of carbonyl (C=O) groups excluding carboxylic acids is 1. The van der Waals surface area contributed by atoms with E-state index >= 15 is 4.39 Å². The minimum Gasteiger partial charge on any atom is -0.481 e. The van der Waals surface area contributed by atoms with Gasteiger partial charge in [0.1, 0.15) is 11.4 Å². The summed E-state index contributed by atoms with van der Waals surface area (Å²) in [5.74, 6) is -2.16. The van der Waals surface area contributed by atoms with Gasteiger partial charge in [-0.1, -0.05) is 0 Å². The first-order valence-electron chi connectivity index (χ1n) is 14.1. The standard InChI is InChI=1S/C29H39FN4O6/c1-29(2,3)40-28(38)33-13-9-18(10-14-33)31-17-7-11-32(12-8-17)20-15-21(30)23-22(16-20)34(19-5-6-19)26(39-4)24(25(23)35)27(36)37/h15-19,31H,5-14H2,1-4H3,(H,36,37). The second-order valence-electron chi connectivity index (χ2n) is 12.1. The second kappa shape index (κ2) is 10.9. The molecule has 2 saturated heterocycles. The van der Waals surface area contributed by atoms with Crippen LogP contribution in [-0.4, -0.2) is 77.6 Å². The van der Waals surface area contributed by atoms with Crippen LogP contribution in [0.1, 0.15) is 75.7 Å². The van der Waals surface area contributed by atoms with Crippen LogP contribution in [0.3, 0.4) is 0 Å². The minimum atomic E-state index is -1.42. The Morgan fingerprint density at radius 2 is 1.60 bits per heavy atom. The highest BCUT2D eigenvalue weighted by molar-refractivity contribution is 5.96. The maximum atomic E-state index is 15.4. The molecule has 2 aliphatic heterocycles. The summed E-state index contributed by atoms with van der Waals surface area (Å²) in [6.45, 7) is 8.38. The van der Waals surface area contributed by atoms with E-state index < -0.39 is 28.4 Å². The number of carboxylic acid groups (broad SMARTS) is 1. The van der Waals surface area contributed by atoms with E-state index in [1.54, 1.807) is 15.5 Å². The van der Waals surface area contributed by atoms with Gasteiger partial charge in [0.15, 0.2) is 5.56 Å². The number of fused-ring (bicyclic) bond motifs is 1. The number of aromatic nitrogens is 1. The number of halogens is 1. The molecule has 3 heterocycles. The molecule has 11 heteroatoms. The van der Waals surface area contributed by atoms with Crippen LogP contribution in [-0.2, 0) is 4.74 Å². The maximum absolute atomic E-state index is 15.4. The molecule has 0 spiro atoms. The normalized spacial score (nSPS) is 19.2. The first-order valence-corrected chi connectivity index (χ1v) is 14.1. The van der Waals surface area contributed by atoms with Gasteiger partial charge in [-0.25, -0.2) is 14.0 Å². The van der Waals surface area contributed by atoms with Crippen LogP contribution in [0.4, 0.5) is 14.9 Å². The Balaban J connectivity index is 1.26. The highest BCUT2D eigenvalue weighted by Gasteiger charge is 2.34. The molecule has 3 fully saturated rings. The Bertz CT molecular complexity index is 1350. The fraction of sp³-hybridized carbons (Fsp3) is 0.621. The van der Waals surface area contributed by atoms with Crippen LogP contribution in [0.15, 0.2) is 16.9 Å². The maximum Gasteiger partial charge on any atom is 0.410 e. The monoisotopic (exact) mass is 558 g/mol. The summed E-state index contributed by atoms with van der Waals surface area (Å²) in [5.41, 5.74) is -0.843. The zero-order chi connectivity index (χ0) is 28.8. The average Bonchev–Trinajstić information content (AvgIpc) is 3.73. The number of likely N-dealkylation sites (tertiary alicyclic amines) is 1. The molecular formula is C29H39FN4O6. The van der Waals surface area contributed by atoms with Gasteiger partial charge in [0, 0.05) is 50.0 Å². The van der Waals surface area contributed by atoms with Gasteiger partial charge in [0.25, 0.3) is 0 Å². The average molecular weight is 559 g/mol. The van der Waals surface area contributed by atoms with Crippen LogP contribution in [0.2, 0.25) is 0 Å². The predicted octanol–water partition coefficient (Wildman–Crippen LogP) is 4.14. The summed E-state index contributed by atoms with van der Waals surface area (Å²) < 4.78 is 28.0. The molecule has 218 valence electrons. The molecule has 1 aromatic heterocycles. The largest absolute Gasteiger partial charge is 0.481 e. The number of amides is 1. The van der Waals surface area contributed by atoms with Gasteiger partial charge < -0.3 is 34.3 Å². The van der Waals surface area contributed by atoms with Gasteiger partial charge >= 0.3 is 12.1 Å². The van der Waals surface area contributed by atoms with Crippen molar-refractivity contribution in [2.24, 2.45) is 0 Å². The summed E-state index contributed by atoms with van der Waals surface area (Å²) in [7, 11) is 1.34. The topological polar surface area (TPSA) is 113 Å². The van der Waals surface area contributed by atoms with Crippen LogP contribution in [0.5, 0.6) is 5.88 Å². The molecule has 2 aromatic rings. The molecule has 5 rings (SSSR count). The number of pyridine rings is 1. The van der Waals surface area contributed by atoms with Gasteiger partial charge in [-0.3, -0.25) is 4.79 Å². The summed E-state index contributed by atoms with van der Waals surface area (Å²) in [6, 6.07) is 3.77. The van der Waals surface area contributed by atoms with E-state index in [4.69, 9.17) is 9.47 Å². The Hall–Kier alpha value is -3.34. The number of carbonyl (C=O) groups is 2. The van der Waals surface area contributed by atoms with Crippen molar-refractivity contribution >= 4 is 28.7 Å². The number of methoxy groups -OCH3 is 1. The van der Waals surface area contributed by atoms with E-state index in [0.717, 1.165) is 51.6 Å². The van der Waals surface area contributed by atoms with Gasteiger partial charge in [-0.15, -0.1) is 0 Å². The molecule has 0 unspecified atom stereocenters. The number of nitrogens with one attached hydrogen (secondary N) is 1. The molecule has 1 saturated carbocycles. The van der Waals surface area contributed by atoms with Crippen molar-refractivity contribution in [3.05, 3.63) is 33.7 Å². The number of anilines is 1. The van der Waals surface area contributed by atoms with Gasteiger partial charge in [0.05, 0.1) is 18.0 Å². The van der Waals surface area contributed by atoms with Crippen LogP contribution in [0, 0.1) is 5.82 Å². The minimum absolute atomic E-state index is 0.0234. The molecule has 0 atom stereocenters. The fourth-order valence-electron chi connectivity index (χ4n) is 5.90. The molecular weight excluding hydrogens is 519 g/mol. The van der Waals surface area contributed by atoms with Gasteiger partial charge in [-0.2, -0.15) is 0 Å². The molecule has 3 aliphatic rings. The molecule has 1 aliphatic carbocycles. The lowest BCUT2D eigenvalue weighted by Gasteiger charge is -2.38. The highest BCUT2D eigenvalue weighted by Crippen LogP contribution is 2.42. The Morgan fingerprint density at radius 3 is 2.12 bits per heavy atom. The number of hydrogen-bond donors (Lipinski definition) is 2. The number of benzene rings is 1. The molecule has 40 heavy (non-hydrogen) atoms. The van der Waals surface area contributed by atoms with Crippen molar-refractivity contribution in [2.75, 3.05) is 38.2 Å². The van der Waals surface area contributed by atoms with E-state index in [0.29, 0.717) is 36.4 Å². The first-order chi connectivity index (χ1) is 19.0. The quantitative estimate of drug-likeness (QED) is 0.544. The Morgan fingerprint density at radius 1 is 1.00 bits per heavy atom. The molecule has 2 N–H and O–H groups in total. The van der Waals surface area contributed by atoms with Crippen molar-refractivity contribution in [2.45, 2.75) is 83.0 Å². The Kier molecular flexibility index (Phi) is 7.69. The number of hydrogen-bond acceptors (Lipinski definition) is 7. The molecule has 1 amide bonds. The third-order valence-corrected chi connectivity index (χ3v) is 8.00. The number of rotatable bonds is 6. The molecule has 10 nitrogen and oxygen atoms in total. The number of aromatic carboxylic acids is 1. The predicted molar refractivity (Wildman–Crippen MR) is 149 cm³/mol. The lowest BCUT2D eigenvalue weighted by atomic mass is 9.99. The Labute approximate surface area is 233 Å². The third kappa shape index (κ3) is 5.75. The van der Waals surface area contributed by atoms with Gasteiger partial charge in [-0.05, 0) is 71.4 Å². The summed E-state index contributed by atoms with van der Waals surface area (Å²) >= 11 is 0. The van der Waals surface area contributed by atoms with E-state index in [-0.39, 0.29) is 23.4 Å². The number of nitrogens with zero attached hydrogens (tertiary/aromatic N) is 3. The fourth-order valence-corrected chi connectivity index (χ4v) is 5.90. The van der Waals surface area contributed by atoms with Crippen LogP contribution >= 0.6 is 0 Å². The van der Waals surface area contributed by atoms with Crippen molar-refractivity contribution in [1.29, 1.82) is 0 Å². The number of ether oxygens (including phenoxy) is 2.